The van der Waals surface area contributed by atoms with Crippen molar-refractivity contribution in [3.05, 3.63) is 59.7 Å². The number of hydrogen-bond donors (Lipinski definition) is 2. The molecule has 2 amide bonds. The normalized spacial score (nSPS) is 13.6. The van der Waals surface area contributed by atoms with Crippen molar-refractivity contribution in [1.82, 2.24) is 4.90 Å². The van der Waals surface area contributed by atoms with Gasteiger partial charge in [0, 0.05) is 30.0 Å². The number of nitrogens with one attached hydrogen (secondary N) is 2. The van der Waals surface area contributed by atoms with Crippen molar-refractivity contribution in [2.24, 2.45) is 0 Å². The highest BCUT2D eigenvalue weighted by atomic mass is 16.2. The first kappa shape index (κ1) is 17.0. The second kappa shape index (κ2) is 7.83. The van der Waals surface area contributed by atoms with Crippen LogP contribution >= 0.6 is 0 Å². The van der Waals surface area contributed by atoms with Crippen molar-refractivity contribution >= 4 is 23.2 Å². The maximum Gasteiger partial charge on any atom is 0.253 e. The van der Waals surface area contributed by atoms with E-state index in [1.807, 2.05) is 36.1 Å². The van der Waals surface area contributed by atoms with Crippen LogP contribution in [0.4, 0.5) is 11.4 Å². The van der Waals surface area contributed by atoms with Gasteiger partial charge in [0.2, 0.25) is 5.91 Å². The molecule has 0 aliphatic carbocycles. The molecule has 0 radical (unpaired) electrons. The largest absolute Gasteiger partial charge is 0.376 e. The first-order chi connectivity index (χ1) is 12.1. The van der Waals surface area contributed by atoms with Gasteiger partial charge in [0.25, 0.3) is 5.91 Å². The molecular weight excluding hydrogens is 314 g/mol. The number of aryl methyl sites for hydroxylation is 1. The summed E-state index contributed by atoms with van der Waals surface area (Å²) in [4.78, 5) is 26.4. The smallest absolute Gasteiger partial charge is 0.253 e. The maximum atomic E-state index is 12.4. The second-order valence-corrected chi connectivity index (χ2v) is 6.35. The summed E-state index contributed by atoms with van der Waals surface area (Å²) in [5.41, 5.74) is 3.30. The number of nitrogens with zero attached hydrogens (tertiary/aromatic N) is 1. The zero-order valence-corrected chi connectivity index (χ0v) is 14.4. The van der Waals surface area contributed by atoms with E-state index >= 15 is 0 Å². The Kier molecular flexibility index (Phi) is 5.33. The number of hydrogen-bond acceptors (Lipinski definition) is 3. The van der Waals surface area contributed by atoms with E-state index < -0.39 is 0 Å². The zero-order chi connectivity index (χ0) is 17.6. The molecule has 0 saturated carbocycles. The molecule has 1 aliphatic rings. The van der Waals surface area contributed by atoms with Crippen molar-refractivity contribution in [3.63, 3.8) is 0 Å². The van der Waals surface area contributed by atoms with Gasteiger partial charge in [-0.15, -0.1) is 0 Å². The third-order valence-corrected chi connectivity index (χ3v) is 4.26. The fourth-order valence-corrected chi connectivity index (χ4v) is 2.98. The molecule has 1 fully saturated rings. The molecule has 1 saturated heterocycles. The van der Waals surface area contributed by atoms with Crippen molar-refractivity contribution in [3.8, 4) is 0 Å². The minimum atomic E-state index is -0.146. The topological polar surface area (TPSA) is 61.4 Å². The minimum absolute atomic E-state index is 0.0338. The molecule has 2 N–H and O–H groups in total. The predicted molar refractivity (Wildman–Crippen MR) is 99.9 cm³/mol. The van der Waals surface area contributed by atoms with Crippen molar-refractivity contribution < 1.29 is 9.59 Å². The van der Waals surface area contributed by atoms with Crippen LogP contribution in [-0.4, -0.2) is 36.3 Å². The van der Waals surface area contributed by atoms with E-state index in [9.17, 15) is 9.59 Å². The quantitative estimate of drug-likeness (QED) is 0.880. The second-order valence-electron chi connectivity index (χ2n) is 6.35. The molecule has 0 bridgehead atoms. The Hall–Kier alpha value is -2.82. The van der Waals surface area contributed by atoms with Gasteiger partial charge in [-0.3, -0.25) is 9.59 Å². The van der Waals surface area contributed by atoms with E-state index in [0.29, 0.717) is 11.3 Å². The summed E-state index contributed by atoms with van der Waals surface area (Å²) in [5.74, 6) is -0.112. The first-order valence-corrected chi connectivity index (χ1v) is 8.61. The molecule has 5 heteroatoms. The van der Waals surface area contributed by atoms with Crippen LogP contribution in [-0.2, 0) is 4.79 Å². The Morgan fingerprint density at radius 2 is 1.72 bits per heavy atom. The standard InChI is InChI=1S/C20H23N3O2/c1-15-6-4-8-17(12-15)21-14-19(24)22-18-9-5-7-16(13-18)20(25)23-10-2-3-11-23/h4-9,12-13,21H,2-3,10-11,14H2,1H3,(H,22,24). The van der Waals surface area contributed by atoms with Crippen LogP contribution in [0.2, 0.25) is 0 Å². The van der Waals surface area contributed by atoms with Gasteiger partial charge in [-0.1, -0.05) is 18.2 Å². The van der Waals surface area contributed by atoms with Crippen molar-refractivity contribution in [1.29, 1.82) is 0 Å². The van der Waals surface area contributed by atoms with Crippen molar-refractivity contribution in [2.45, 2.75) is 19.8 Å². The zero-order valence-electron chi connectivity index (χ0n) is 14.4. The molecule has 2 aromatic carbocycles. The Bertz CT molecular complexity index is 767. The van der Waals surface area contributed by atoms with Gasteiger partial charge in [-0.2, -0.15) is 0 Å². The number of anilines is 2. The molecule has 2 aromatic rings. The van der Waals surface area contributed by atoms with Gasteiger partial charge in [-0.05, 0) is 55.7 Å². The monoisotopic (exact) mass is 337 g/mol. The van der Waals surface area contributed by atoms with E-state index in [-0.39, 0.29) is 18.4 Å². The summed E-state index contributed by atoms with van der Waals surface area (Å²) in [6, 6.07) is 15.0. The highest BCUT2D eigenvalue weighted by molar-refractivity contribution is 5.98. The summed E-state index contributed by atoms with van der Waals surface area (Å²) >= 11 is 0. The van der Waals surface area contributed by atoms with Gasteiger partial charge in [0.15, 0.2) is 0 Å². The van der Waals surface area contributed by atoms with E-state index in [0.717, 1.165) is 37.2 Å². The number of carbonyl (C=O) groups excluding carboxylic acids is 2. The average Bonchev–Trinajstić information content (AvgIpc) is 3.14. The van der Waals surface area contributed by atoms with Gasteiger partial charge in [0.1, 0.15) is 0 Å². The predicted octanol–water partition coefficient (Wildman–Crippen LogP) is 3.28. The molecule has 25 heavy (non-hydrogen) atoms. The van der Waals surface area contributed by atoms with Gasteiger partial charge < -0.3 is 15.5 Å². The Balaban J connectivity index is 1.57. The SMILES string of the molecule is Cc1cccc(NCC(=O)Nc2cccc(C(=O)N3CCCC3)c2)c1. The molecule has 130 valence electrons. The van der Waals surface area contributed by atoms with E-state index in [1.165, 1.54) is 0 Å². The molecule has 0 atom stereocenters. The molecule has 5 nitrogen and oxygen atoms in total. The summed E-state index contributed by atoms with van der Waals surface area (Å²) in [5, 5.41) is 5.94. The Labute approximate surface area is 148 Å². The minimum Gasteiger partial charge on any atom is -0.376 e. The lowest BCUT2D eigenvalue weighted by atomic mass is 10.1. The molecule has 1 heterocycles. The highest BCUT2D eigenvalue weighted by Crippen LogP contribution is 2.16. The number of rotatable bonds is 5. The number of carbonyl (C=O) groups is 2. The maximum absolute atomic E-state index is 12.4. The van der Waals surface area contributed by atoms with Gasteiger partial charge in [0.05, 0.1) is 6.54 Å². The molecular formula is C20H23N3O2. The third kappa shape index (κ3) is 4.59. The van der Waals surface area contributed by atoms with Crippen LogP contribution in [0.5, 0.6) is 0 Å². The van der Waals surface area contributed by atoms with E-state index in [4.69, 9.17) is 0 Å². The molecule has 1 aliphatic heterocycles. The Morgan fingerprint density at radius 1 is 1.00 bits per heavy atom. The van der Waals surface area contributed by atoms with Crippen LogP contribution in [0, 0.1) is 6.92 Å². The fraction of sp³-hybridized carbons (Fsp3) is 0.300. The third-order valence-electron chi connectivity index (χ3n) is 4.26. The lowest BCUT2D eigenvalue weighted by molar-refractivity contribution is -0.114. The fourth-order valence-electron chi connectivity index (χ4n) is 2.98. The first-order valence-electron chi connectivity index (χ1n) is 8.61. The van der Waals surface area contributed by atoms with E-state index in [2.05, 4.69) is 10.6 Å². The van der Waals surface area contributed by atoms with Crippen LogP contribution in [0.3, 0.4) is 0 Å². The summed E-state index contributed by atoms with van der Waals surface area (Å²) < 4.78 is 0. The summed E-state index contributed by atoms with van der Waals surface area (Å²) in [6.45, 7) is 3.81. The lowest BCUT2D eigenvalue weighted by Gasteiger charge is -2.16. The Morgan fingerprint density at radius 3 is 2.48 bits per heavy atom. The molecule has 0 aromatic heterocycles. The van der Waals surface area contributed by atoms with Crippen LogP contribution in [0.15, 0.2) is 48.5 Å². The van der Waals surface area contributed by atoms with Gasteiger partial charge in [-0.25, -0.2) is 0 Å². The molecule has 3 rings (SSSR count). The molecule has 0 unspecified atom stereocenters. The van der Waals surface area contributed by atoms with E-state index in [1.54, 1.807) is 24.3 Å². The van der Waals surface area contributed by atoms with Crippen LogP contribution in [0.1, 0.15) is 28.8 Å². The van der Waals surface area contributed by atoms with Gasteiger partial charge >= 0.3 is 0 Å². The molecule has 0 spiro atoms. The number of benzene rings is 2. The summed E-state index contributed by atoms with van der Waals surface area (Å²) in [6.07, 6.45) is 2.12. The number of amides is 2. The van der Waals surface area contributed by atoms with Crippen LogP contribution in [0.25, 0.3) is 0 Å². The number of likely N-dealkylation sites (tertiary alicyclic amines) is 1. The highest BCUT2D eigenvalue weighted by Gasteiger charge is 2.19. The van der Waals surface area contributed by atoms with Crippen molar-refractivity contribution in [2.75, 3.05) is 30.3 Å². The summed E-state index contributed by atoms with van der Waals surface area (Å²) in [7, 11) is 0. The van der Waals surface area contributed by atoms with Crippen LogP contribution < -0.4 is 10.6 Å². The lowest BCUT2D eigenvalue weighted by Crippen LogP contribution is -2.27. The average molecular weight is 337 g/mol.